The van der Waals surface area contributed by atoms with Gasteiger partial charge in [-0.25, -0.2) is 18.4 Å². The van der Waals surface area contributed by atoms with Gasteiger partial charge in [0.25, 0.3) is 5.95 Å². The highest BCUT2D eigenvalue weighted by Crippen LogP contribution is 2.30. The number of fused-ring (bicyclic) bond motifs is 1. The summed E-state index contributed by atoms with van der Waals surface area (Å²) in [5.74, 6) is -5.74. The van der Waals surface area contributed by atoms with Gasteiger partial charge < -0.3 is 25.0 Å². The van der Waals surface area contributed by atoms with Crippen molar-refractivity contribution in [2.75, 3.05) is 32.7 Å². The van der Waals surface area contributed by atoms with Crippen LogP contribution < -0.4 is 5.32 Å². The van der Waals surface area contributed by atoms with Crippen LogP contribution in [0.4, 0.5) is 35.1 Å². The summed E-state index contributed by atoms with van der Waals surface area (Å²) in [7, 11) is 0. The van der Waals surface area contributed by atoms with Crippen LogP contribution in [0.25, 0.3) is 16.9 Å². The topological polar surface area (TPSA) is 147 Å². The van der Waals surface area contributed by atoms with E-state index in [-0.39, 0.29) is 17.4 Å². The lowest BCUT2D eigenvalue weighted by Crippen LogP contribution is -2.49. The first-order valence-electron chi connectivity index (χ1n) is 12.8. The Kier molecular flexibility index (Phi) is 10.7. The number of carboxylic acid groups (broad SMARTS) is 2. The lowest BCUT2D eigenvalue weighted by atomic mass is 9.95. The first-order valence-corrected chi connectivity index (χ1v) is 12.8. The van der Waals surface area contributed by atoms with E-state index in [0.29, 0.717) is 23.4 Å². The van der Waals surface area contributed by atoms with Crippen molar-refractivity contribution in [3.63, 3.8) is 0 Å². The van der Waals surface area contributed by atoms with Crippen LogP contribution in [-0.2, 0) is 16.0 Å². The number of nitrogens with one attached hydrogen (secondary N) is 1. The number of nitrogens with zero attached hydrogens (tertiary/aromatic N) is 5. The second-order valence-electron chi connectivity index (χ2n) is 9.61. The van der Waals surface area contributed by atoms with Gasteiger partial charge in [-0.1, -0.05) is 6.92 Å². The molecule has 19 heteroatoms. The van der Waals surface area contributed by atoms with Crippen molar-refractivity contribution in [1.82, 2.24) is 30.1 Å². The average Bonchev–Trinajstić information content (AvgIpc) is 3.54. The minimum atomic E-state index is -5.08. The van der Waals surface area contributed by atoms with Gasteiger partial charge in [-0.3, -0.25) is 0 Å². The molecule has 0 unspecified atom stereocenters. The molecule has 0 saturated carbocycles. The van der Waals surface area contributed by atoms with Gasteiger partial charge in [-0.2, -0.15) is 41.1 Å². The van der Waals surface area contributed by atoms with Gasteiger partial charge in [0.2, 0.25) is 5.89 Å². The first-order chi connectivity index (χ1) is 20.0. The van der Waals surface area contributed by atoms with E-state index in [4.69, 9.17) is 24.3 Å². The molecule has 3 aromatic rings. The smallest absolute Gasteiger partial charge is 0.475 e. The summed E-state index contributed by atoms with van der Waals surface area (Å²) < 4.78 is 98.6. The zero-order valence-corrected chi connectivity index (χ0v) is 22.3. The predicted molar refractivity (Wildman–Crippen MR) is 130 cm³/mol. The number of aromatic nitrogens is 4. The number of likely N-dealkylation sites (tertiary alicyclic amines) is 1. The van der Waals surface area contributed by atoms with Crippen molar-refractivity contribution in [1.29, 1.82) is 0 Å². The Morgan fingerprint density at radius 2 is 1.58 bits per heavy atom. The maximum atomic E-state index is 14.5. The highest BCUT2D eigenvalue weighted by atomic mass is 19.4. The Balaban J connectivity index is 0.000000303. The van der Waals surface area contributed by atoms with Crippen LogP contribution in [0, 0.1) is 17.6 Å². The maximum Gasteiger partial charge on any atom is 0.490 e. The second-order valence-corrected chi connectivity index (χ2v) is 9.61. The van der Waals surface area contributed by atoms with Gasteiger partial charge in [0.05, 0.1) is 5.69 Å². The fourth-order valence-corrected chi connectivity index (χ4v) is 4.29. The van der Waals surface area contributed by atoms with E-state index >= 15 is 0 Å². The summed E-state index contributed by atoms with van der Waals surface area (Å²) >= 11 is 0. The Morgan fingerprint density at radius 1 is 1.02 bits per heavy atom. The fraction of sp³-hybridized carbons (Fsp3) is 0.542. The lowest BCUT2D eigenvalue weighted by Gasteiger charge is -2.36. The van der Waals surface area contributed by atoms with Gasteiger partial charge in [0, 0.05) is 30.9 Å². The minimum Gasteiger partial charge on any atom is -0.475 e. The van der Waals surface area contributed by atoms with Crippen molar-refractivity contribution in [2.24, 2.45) is 5.92 Å². The monoisotopic (exact) mass is 630 g/mol. The van der Waals surface area contributed by atoms with E-state index in [9.17, 15) is 35.1 Å². The number of carbonyl (C=O) groups is 2. The van der Waals surface area contributed by atoms with Crippen LogP contribution in [0.3, 0.4) is 0 Å². The number of rotatable bonds is 5. The third-order valence-corrected chi connectivity index (χ3v) is 6.57. The molecule has 4 heterocycles. The van der Waals surface area contributed by atoms with Gasteiger partial charge >= 0.3 is 24.3 Å². The molecule has 3 N–H and O–H groups in total. The van der Waals surface area contributed by atoms with Crippen LogP contribution in [0.2, 0.25) is 0 Å². The molecule has 2 aliphatic heterocycles. The van der Waals surface area contributed by atoms with Crippen LogP contribution in [0.1, 0.15) is 37.3 Å². The largest absolute Gasteiger partial charge is 0.490 e. The molecule has 0 amide bonds. The minimum absolute atomic E-state index is 0.0538. The molecule has 2 saturated heterocycles. The van der Waals surface area contributed by atoms with Gasteiger partial charge in [-0.15, -0.1) is 0 Å². The van der Waals surface area contributed by atoms with Crippen molar-refractivity contribution >= 4 is 22.8 Å². The molecule has 238 valence electrons. The molecule has 2 fully saturated rings. The van der Waals surface area contributed by atoms with Crippen molar-refractivity contribution < 1.29 is 59.4 Å². The lowest BCUT2D eigenvalue weighted by molar-refractivity contribution is -0.193. The molecule has 2 aromatic heterocycles. The number of halogens is 8. The fourth-order valence-electron chi connectivity index (χ4n) is 4.29. The highest BCUT2D eigenvalue weighted by Gasteiger charge is 2.39. The zero-order valence-electron chi connectivity index (χ0n) is 22.3. The van der Waals surface area contributed by atoms with Crippen molar-refractivity contribution in [2.45, 2.75) is 44.5 Å². The number of alkyl halides is 6. The summed E-state index contributed by atoms with van der Waals surface area (Å²) in [6.07, 6.45) is -7.68. The second kappa shape index (κ2) is 13.6. The molecule has 1 aromatic carbocycles. The average molecular weight is 630 g/mol. The van der Waals surface area contributed by atoms with Crippen LogP contribution in [0.15, 0.2) is 16.7 Å². The molecule has 0 aliphatic carbocycles. The summed E-state index contributed by atoms with van der Waals surface area (Å²) in [5.41, 5.74) is 0.724. The number of hydrogen-bond donors (Lipinski definition) is 3. The molecule has 43 heavy (non-hydrogen) atoms. The molecule has 5 rings (SSSR count). The Morgan fingerprint density at radius 3 is 2.05 bits per heavy atom. The molecule has 0 spiro atoms. The SMILES string of the molecule is CCc1nn(-c2noc(C3CCN(CC4CNC4)CC3)n2)c2c(F)c(F)ccc12.O=C(O)C(F)(F)F.O=C(O)C(F)(F)F. The summed E-state index contributed by atoms with van der Waals surface area (Å²) in [4.78, 5) is 24.8. The Bertz CT molecular complexity index is 1390. The molecular formula is C24H26F8N6O5. The summed E-state index contributed by atoms with van der Waals surface area (Å²) in [5, 5.41) is 26.6. The van der Waals surface area contributed by atoms with Gasteiger partial charge in [0.1, 0.15) is 5.52 Å². The summed E-state index contributed by atoms with van der Waals surface area (Å²) in [6.45, 7) is 7.29. The third kappa shape index (κ3) is 8.59. The number of carboxylic acids is 2. The normalized spacial score (nSPS) is 16.6. The standard InChI is InChI=1S/C20H24F2N6O.2C2HF3O2/c1-2-16-14-3-4-15(21)17(22)18(14)28(25-16)20-24-19(29-26-20)13-5-7-27(8-6-13)11-12-9-23-10-12;2*3-2(4,5)1(6)7/h3-4,12-13,23H,2,5-11H2,1H3;2*(H,6,7). The Hall–Kier alpha value is -3.87. The van der Waals surface area contributed by atoms with Crippen molar-refractivity contribution in [3.8, 4) is 5.95 Å². The Labute approximate surface area is 237 Å². The number of benzene rings is 1. The van der Waals surface area contributed by atoms with E-state index < -0.39 is 35.9 Å². The molecular weight excluding hydrogens is 604 g/mol. The van der Waals surface area contributed by atoms with Crippen molar-refractivity contribution in [3.05, 3.63) is 35.4 Å². The highest BCUT2D eigenvalue weighted by molar-refractivity contribution is 5.83. The zero-order chi connectivity index (χ0) is 32.1. The summed E-state index contributed by atoms with van der Waals surface area (Å²) in [6, 6.07) is 2.67. The number of aryl methyl sites for hydroxylation is 1. The maximum absolute atomic E-state index is 14.5. The van der Waals surface area contributed by atoms with Crippen LogP contribution in [0.5, 0.6) is 0 Å². The van der Waals surface area contributed by atoms with Gasteiger partial charge in [0.15, 0.2) is 11.6 Å². The van der Waals surface area contributed by atoms with Crippen LogP contribution in [-0.4, -0.2) is 92.0 Å². The van der Waals surface area contributed by atoms with E-state index in [1.807, 2.05) is 6.92 Å². The van der Waals surface area contributed by atoms with E-state index in [0.717, 1.165) is 57.5 Å². The number of hydrogen-bond acceptors (Lipinski definition) is 8. The van der Waals surface area contributed by atoms with Gasteiger partial charge in [-0.05, 0) is 55.6 Å². The number of aliphatic carboxylic acids is 2. The quantitative estimate of drug-likeness (QED) is 0.355. The van der Waals surface area contributed by atoms with E-state index in [1.54, 1.807) is 6.07 Å². The van der Waals surface area contributed by atoms with E-state index in [2.05, 4.69) is 25.5 Å². The molecule has 0 bridgehead atoms. The molecule has 0 radical (unpaired) electrons. The first kappa shape index (κ1) is 33.6. The van der Waals surface area contributed by atoms with E-state index in [1.165, 1.54) is 4.68 Å². The third-order valence-electron chi connectivity index (χ3n) is 6.57. The number of piperidine rings is 1. The van der Waals surface area contributed by atoms with Crippen LogP contribution >= 0.6 is 0 Å². The molecule has 0 atom stereocenters. The predicted octanol–water partition coefficient (Wildman–Crippen LogP) is 3.91. The molecule has 2 aliphatic rings. The molecule has 11 nitrogen and oxygen atoms in total.